The Morgan fingerprint density at radius 2 is 2.33 bits per heavy atom. The van der Waals surface area contributed by atoms with E-state index in [4.69, 9.17) is 11.6 Å². The summed E-state index contributed by atoms with van der Waals surface area (Å²) in [6, 6.07) is 7.04. The molecule has 1 aliphatic carbocycles. The zero-order valence-corrected chi connectivity index (χ0v) is 12.9. The molecule has 0 aliphatic heterocycles. The zero-order chi connectivity index (χ0) is 15.5. The summed E-state index contributed by atoms with van der Waals surface area (Å²) >= 11 is 5.98. The fourth-order valence-electron chi connectivity index (χ4n) is 3.37. The number of halogens is 1. The first-order valence-electron chi connectivity index (χ1n) is 7.34. The van der Waals surface area contributed by atoms with E-state index in [2.05, 4.69) is 13.0 Å². The Morgan fingerprint density at radius 1 is 1.57 bits per heavy atom. The molecule has 1 aromatic rings. The van der Waals surface area contributed by atoms with Crippen LogP contribution < -0.4 is 0 Å². The summed E-state index contributed by atoms with van der Waals surface area (Å²) < 4.78 is 0. The maximum absolute atomic E-state index is 11.2. The molecule has 1 fully saturated rings. The van der Waals surface area contributed by atoms with Crippen molar-refractivity contribution in [2.45, 2.75) is 45.4 Å². The van der Waals surface area contributed by atoms with Gasteiger partial charge in [0.2, 0.25) is 0 Å². The molecule has 2 unspecified atom stereocenters. The summed E-state index contributed by atoms with van der Waals surface area (Å²) in [4.78, 5) is 10.8. The molecule has 0 heterocycles. The summed E-state index contributed by atoms with van der Waals surface area (Å²) in [5, 5.41) is 21.3. The lowest BCUT2D eigenvalue weighted by molar-refractivity contribution is -0.385. The second-order valence-corrected chi connectivity index (χ2v) is 6.41. The van der Waals surface area contributed by atoms with Crippen LogP contribution in [0.4, 0.5) is 5.69 Å². The molecular formula is C16H19ClN2O2. The molecule has 0 amide bonds. The van der Waals surface area contributed by atoms with E-state index in [1.54, 1.807) is 6.07 Å². The minimum Gasteiger partial charge on any atom is -0.258 e. The number of hydrogen-bond donors (Lipinski definition) is 0. The van der Waals surface area contributed by atoms with Crippen LogP contribution in [0.3, 0.4) is 0 Å². The van der Waals surface area contributed by atoms with Gasteiger partial charge in [0.05, 0.1) is 16.4 Å². The van der Waals surface area contributed by atoms with Gasteiger partial charge in [0.25, 0.3) is 5.69 Å². The van der Waals surface area contributed by atoms with Crippen LogP contribution in [0.15, 0.2) is 18.2 Å². The first kappa shape index (κ1) is 15.8. The third kappa shape index (κ3) is 3.54. The van der Waals surface area contributed by atoms with Gasteiger partial charge in [-0.2, -0.15) is 5.26 Å². The second-order valence-electron chi connectivity index (χ2n) is 5.97. The predicted octanol–water partition coefficient (Wildman–Crippen LogP) is 4.90. The van der Waals surface area contributed by atoms with Gasteiger partial charge in [0.15, 0.2) is 0 Å². The second kappa shape index (κ2) is 6.44. The lowest BCUT2D eigenvalue weighted by Gasteiger charge is -2.35. The number of nitro groups is 1. The van der Waals surface area contributed by atoms with Crippen molar-refractivity contribution in [3.63, 3.8) is 0 Å². The Balaban J connectivity index is 2.32. The Labute approximate surface area is 129 Å². The normalized spacial score (nSPS) is 25.3. The highest BCUT2D eigenvalue weighted by Gasteiger charge is 2.37. The number of nitriles is 1. The van der Waals surface area contributed by atoms with E-state index in [1.165, 1.54) is 12.1 Å². The molecule has 4 nitrogen and oxygen atoms in total. The van der Waals surface area contributed by atoms with E-state index in [1.807, 2.05) is 0 Å². The van der Waals surface area contributed by atoms with E-state index < -0.39 is 10.3 Å². The number of benzene rings is 1. The van der Waals surface area contributed by atoms with Crippen LogP contribution in [-0.4, -0.2) is 4.92 Å². The van der Waals surface area contributed by atoms with Crippen LogP contribution in [0.1, 0.15) is 44.6 Å². The summed E-state index contributed by atoms with van der Waals surface area (Å²) in [5.74, 6) is 0.539. The van der Waals surface area contributed by atoms with Crippen LogP contribution in [0.25, 0.3) is 0 Å². The zero-order valence-electron chi connectivity index (χ0n) is 12.1. The molecule has 0 radical (unpaired) electrons. The van der Waals surface area contributed by atoms with Gasteiger partial charge in [-0.25, -0.2) is 0 Å². The van der Waals surface area contributed by atoms with E-state index in [0.29, 0.717) is 22.9 Å². The fraction of sp³-hybridized carbons (Fsp3) is 0.562. The topological polar surface area (TPSA) is 66.9 Å². The lowest BCUT2D eigenvalue weighted by atomic mass is 9.67. The molecule has 21 heavy (non-hydrogen) atoms. The third-order valence-electron chi connectivity index (χ3n) is 4.53. The van der Waals surface area contributed by atoms with E-state index in [0.717, 1.165) is 32.1 Å². The Hall–Kier alpha value is -1.60. The summed E-state index contributed by atoms with van der Waals surface area (Å²) in [5.41, 5.74) is 0.146. The molecule has 0 aromatic heterocycles. The van der Waals surface area contributed by atoms with Crippen molar-refractivity contribution in [2.24, 2.45) is 11.3 Å². The van der Waals surface area contributed by atoms with Gasteiger partial charge in [-0.05, 0) is 37.3 Å². The maximum atomic E-state index is 11.2. The monoisotopic (exact) mass is 306 g/mol. The van der Waals surface area contributed by atoms with Crippen LogP contribution in [0.2, 0.25) is 5.02 Å². The van der Waals surface area contributed by atoms with Gasteiger partial charge in [0.1, 0.15) is 0 Å². The van der Waals surface area contributed by atoms with Crippen molar-refractivity contribution < 1.29 is 4.92 Å². The van der Waals surface area contributed by atoms with Crippen LogP contribution in [-0.2, 0) is 6.42 Å². The van der Waals surface area contributed by atoms with Crippen molar-refractivity contribution in [3.05, 3.63) is 38.9 Å². The van der Waals surface area contributed by atoms with Gasteiger partial charge in [-0.3, -0.25) is 10.1 Å². The van der Waals surface area contributed by atoms with Crippen molar-refractivity contribution in [1.29, 1.82) is 5.26 Å². The van der Waals surface area contributed by atoms with Crippen molar-refractivity contribution in [1.82, 2.24) is 0 Å². The number of hydrogen-bond acceptors (Lipinski definition) is 3. The SMILES string of the molecule is CCC1CCCC(C#N)(Cc2cc(Cl)ccc2[N+](=O)[O-])C1. The van der Waals surface area contributed by atoms with E-state index in [-0.39, 0.29) is 5.69 Å². The molecule has 5 heteroatoms. The molecule has 0 N–H and O–H groups in total. The molecule has 2 atom stereocenters. The lowest BCUT2D eigenvalue weighted by Crippen LogP contribution is -2.29. The van der Waals surface area contributed by atoms with Gasteiger partial charge in [0, 0.05) is 16.7 Å². The van der Waals surface area contributed by atoms with E-state index >= 15 is 0 Å². The number of nitrogens with zero attached hydrogens (tertiary/aromatic N) is 2. The minimum atomic E-state index is -0.492. The molecule has 112 valence electrons. The Morgan fingerprint density at radius 3 is 2.95 bits per heavy atom. The highest BCUT2D eigenvalue weighted by atomic mass is 35.5. The van der Waals surface area contributed by atoms with Gasteiger partial charge < -0.3 is 0 Å². The molecular weight excluding hydrogens is 288 g/mol. The van der Waals surface area contributed by atoms with E-state index in [9.17, 15) is 15.4 Å². The molecule has 0 bridgehead atoms. The quantitative estimate of drug-likeness (QED) is 0.587. The first-order valence-corrected chi connectivity index (χ1v) is 7.71. The van der Waals surface area contributed by atoms with Crippen molar-refractivity contribution in [3.8, 4) is 6.07 Å². The van der Waals surface area contributed by atoms with Crippen molar-refractivity contribution >= 4 is 17.3 Å². The molecule has 0 saturated heterocycles. The maximum Gasteiger partial charge on any atom is 0.272 e. The standard InChI is InChI=1S/C16H19ClN2O2/c1-2-12-4-3-7-16(9-12,11-18)10-13-8-14(17)5-6-15(13)19(20)21/h5-6,8,12H,2-4,7,9-10H2,1H3. The number of rotatable bonds is 4. The predicted molar refractivity (Wildman–Crippen MR) is 82.1 cm³/mol. The molecule has 1 aliphatic rings. The first-order chi connectivity index (χ1) is 9.99. The highest BCUT2D eigenvalue weighted by Crippen LogP contribution is 2.44. The third-order valence-corrected chi connectivity index (χ3v) is 4.76. The van der Waals surface area contributed by atoms with Gasteiger partial charge >= 0.3 is 0 Å². The Bertz CT molecular complexity index is 582. The summed E-state index contributed by atoms with van der Waals surface area (Å²) in [7, 11) is 0. The Kier molecular flexibility index (Phi) is 4.84. The van der Waals surface area contributed by atoms with Crippen LogP contribution in [0.5, 0.6) is 0 Å². The summed E-state index contributed by atoms with van der Waals surface area (Å²) in [6.45, 7) is 2.14. The van der Waals surface area contributed by atoms with Crippen LogP contribution >= 0.6 is 11.6 Å². The highest BCUT2D eigenvalue weighted by molar-refractivity contribution is 6.30. The van der Waals surface area contributed by atoms with Crippen LogP contribution in [0, 0.1) is 32.8 Å². The largest absolute Gasteiger partial charge is 0.272 e. The molecule has 0 spiro atoms. The molecule has 2 rings (SSSR count). The summed E-state index contributed by atoms with van der Waals surface area (Å²) in [6.07, 6.45) is 5.27. The average Bonchev–Trinajstić information content (AvgIpc) is 2.47. The smallest absolute Gasteiger partial charge is 0.258 e. The average molecular weight is 307 g/mol. The van der Waals surface area contributed by atoms with Gasteiger partial charge in [-0.15, -0.1) is 0 Å². The fourth-order valence-corrected chi connectivity index (χ4v) is 3.57. The molecule has 1 aromatic carbocycles. The number of nitro benzene ring substituents is 1. The minimum absolute atomic E-state index is 0.0626. The van der Waals surface area contributed by atoms with Gasteiger partial charge in [-0.1, -0.05) is 37.8 Å². The molecule has 1 saturated carbocycles. The van der Waals surface area contributed by atoms with Crippen molar-refractivity contribution in [2.75, 3.05) is 0 Å².